The molecule has 1 atom stereocenters. The van der Waals surface area contributed by atoms with E-state index in [0.717, 1.165) is 21.9 Å². The Bertz CT molecular complexity index is 827. The molecular formula is C15H13N5OS3. The van der Waals surface area contributed by atoms with Crippen molar-refractivity contribution in [2.24, 2.45) is 5.10 Å². The quantitative estimate of drug-likeness (QED) is 0.694. The Balaban J connectivity index is 1.55. The van der Waals surface area contributed by atoms with Crippen molar-refractivity contribution in [1.29, 1.82) is 0 Å². The summed E-state index contributed by atoms with van der Waals surface area (Å²) < 4.78 is 0. The molecule has 9 heteroatoms. The van der Waals surface area contributed by atoms with Crippen LogP contribution < -0.4 is 0 Å². The van der Waals surface area contributed by atoms with Gasteiger partial charge in [0.1, 0.15) is 6.33 Å². The van der Waals surface area contributed by atoms with Crippen LogP contribution in [0, 0.1) is 0 Å². The fraction of sp³-hybridized carbons (Fsp3) is 0.200. The van der Waals surface area contributed by atoms with E-state index in [0.29, 0.717) is 5.16 Å². The summed E-state index contributed by atoms with van der Waals surface area (Å²) in [6.07, 6.45) is 2.18. The molecule has 0 radical (unpaired) electrons. The first-order chi connectivity index (χ1) is 11.8. The van der Waals surface area contributed by atoms with Crippen molar-refractivity contribution in [3.8, 4) is 0 Å². The summed E-state index contributed by atoms with van der Waals surface area (Å²) in [5, 5.41) is 17.5. The van der Waals surface area contributed by atoms with Gasteiger partial charge in [0.15, 0.2) is 5.16 Å². The number of aromatic nitrogens is 3. The number of hydrogen-bond donors (Lipinski definition) is 1. The highest BCUT2D eigenvalue weighted by Gasteiger charge is 2.33. The Labute approximate surface area is 150 Å². The van der Waals surface area contributed by atoms with Crippen molar-refractivity contribution in [3.05, 3.63) is 51.1 Å². The summed E-state index contributed by atoms with van der Waals surface area (Å²) in [5.74, 6) is 0.250. The second-order valence-corrected chi connectivity index (χ2v) is 7.97. The smallest absolute Gasteiger partial charge is 0.253 e. The van der Waals surface area contributed by atoms with Crippen LogP contribution in [0.1, 0.15) is 22.2 Å². The third-order valence-electron chi connectivity index (χ3n) is 3.57. The number of H-pyrrole nitrogens is 1. The van der Waals surface area contributed by atoms with Crippen LogP contribution in [0.5, 0.6) is 0 Å². The number of thiophene rings is 2. The molecule has 3 aromatic rings. The van der Waals surface area contributed by atoms with Crippen molar-refractivity contribution in [3.63, 3.8) is 0 Å². The van der Waals surface area contributed by atoms with Gasteiger partial charge in [-0.3, -0.25) is 9.89 Å². The van der Waals surface area contributed by atoms with E-state index in [1.165, 1.54) is 18.1 Å². The maximum Gasteiger partial charge on any atom is 0.253 e. The molecule has 1 N–H and O–H groups in total. The predicted molar refractivity (Wildman–Crippen MR) is 96.5 cm³/mol. The molecule has 0 unspecified atom stereocenters. The number of thioether (sulfide) groups is 1. The van der Waals surface area contributed by atoms with Crippen LogP contribution in [0.15, 0.2) is 51.6 Å². The van der Waals surface area contributed by atoms with E-state index in [1.54, 1.807) is 27.7 Å². The van der Waals surface area contributed by atoms with Gasteiger partial charge in [-0.25, -0.2) is 9.99 Å². The van der Waals surface area contributed by atoms with Crippen LogP contribution in [0.4, 0.5) is 0 Å². The molecule has 0 fully saturated rings. The molecule has 1 amide bonds. The van der Waals surface area contributed by atoms with Gasteiger partial charge in [0, 0.05) is 11.3 Å². The second kappa shape index (κ2) is 6.88. The molecule has 0 bridgehead atoms. The van der Waals surface area contributed by atoms with Crippen molar-refractivity contribution in [2.45, 2.75) is 17.6 Å². The molecule has 1 aliphatic heterocycles. The van der Waals surface area contributed by atoms with Gasteiger partial charge in [-0.05, 0) is 22.9 Å². The molecule has 0 aliphatic carbocycles. The second-order valence-electron chi connectivity index (χ2n) is 5.08. The number of hydrazone groups is 1. The van der Waals surface area contributed by atoms with E-state index in [4.69, 9.17) is 0 Å². The molecular weight excluding hydrogens is 362 g/mol. The molecule has 24 heavy (non-hydrogen) atoms. The minimum atomic E-state index is -0.0265. The highest BCUT2D eigenvalue weighted by molar-refractivity contribution is 7.99. The minimum absolute atomic E-state index is 0.0232. The van der Waals surface area contributed by atoms with Gasteiger partial charge < -0.3 is 0 Å². The van der Waals surface area contributed by atoms with Crippen molar-refractivity contribution in [2.75, 3.05) is 5.75 Å². The Morgan fingerprint density at radius 3 is 2.92 bits per heavy atom. The van der Waals surface area contributed by atoms with Gasteiger partial charge in [-0.2, -0.15) is 10.2 Å². The number of hydrogen-bond acceptors (Lipinski definition) is 7. The largest absolute Gasteiger partial charge is 0.272 e. The number of carbonyl (C=O) groups excluding carboxylic acids is 1. The number of amides is 1. The Hall–Kier alpha value is -1.97. The van der Waals surface area contributed by atoms with Gasteiger partial charge in [0.05, 0.1) is 22.4 Å². The molecule has 3 aromatic heterocycles. The fourth-order valence-corrected chi connectivity index (χ4v) is 4.66. The molecule has 4 rings (SSSR count). The van der Waals surface area contributed by atoms with Crippen molar-refractivity contribution < 1.29 is 4.79 Å². The standard InChI is InChI=1S/C15H13N5OS3/c21-14(8-24-15-16-9-17-18-15)20-11(13-4-2-6-23-13)7-10(19-20)12-3-1-5-22-12/h1-6,9,11H,7-8H2,(H,16,17,18)/t11-/m1/s1. The highest BCUT2D eigenvalue weighted by Crippen LogP contribution is 2.36. The van der Waals surface area contributed by atoms with Crippen molar-refractivity contribution >= 4 is 46.1 Å². The summed E-state index contributed by atoms with van der Waals surface area (Å²) >= 11 is 4.64. The van der Waals surface area contributed by atoms with Crippen LogP contribution in [0.3, 0.4) is 0 Å². The summed E-state index contributed by atoms with van der Waals surface area (Å²) in [7, 11) is 0. The Kier molecular flexibility index (Phi) is 4.46. The fourth-order valence-electron chi connectivity index (χ4n) is 2.49. The summed E-state index contributed by atoms with van der Waals surface area (Å²) in [4.78, 5) is 19.0. The van der Waals surface area contributed by atoms with Crippen LogP contribution in [0.25, 0.3) is 0 Å². The topological polar surface area (TPSA) is 74.2 Å². The van der Waals surface area contributed by atoms with Crippen LogP contribution in [-0.4, -0.2) is 37.6 Å². The summed E-state index contributed by atoms with van der Waals surface area (Å²) in [6, 6.07) is 8.10. The molecule has 4 heterocycles. The first kappa shape index (κ1) is 15.6. The zero-order valence-electron chi connectivity index (χ0n) is 12.5. The monoisotopic (exact) mass is 375 g/mol. The molecule has 1 aliphatic rings. The lowest BCUT2D eigenvalue weighted by Crippen LogP contribution is -2.28. The molecule has 122 valence electrons. The number of rotatable bonds is 5. The average Bonchev–Trinajstić information content (AvgIpc) is 3.40. The number of nitrogens with zero attached hydrogens (tertiary/aromatic N) is 4. The van der Waals surface area contributed by atoms with Crippen LogP contribution >= 0.6 is 34.4 Å². The van der Waals surface area contributed by atoms with E-state index < -0.39 is 0 Å². The first-order valence-electron chi connectivity index (χ1n) is 7.26. The van der Waals surface area contributed by atoms with Gasteiger partial charge >= 0.3 is 0 Å². The lowest BCUT2D eigenvalue weighted by molar-refractivity contribution is -0.130. The third-order valence-corrected chi connectivity index (χ3v) is 6.32. The minimum Gasteiger partial charge on any atom is -0.272 e. The summed E-state index contributed by atoms with van der Waals surface area (Å²) in [5.41, 5.74) is 0.974. The van der Waals surface area contributed by atoms with E-state index >= 15 is 0 Å². The van der Waals surface area contributed by atoms with E-state index in [-0.39, 0.29) is 17.7 Å². The van der Waals surface area contributed by atoms with E-state index in [9.17, 15) is 4.79 Å². The molecule has 0 spiro atoms. The number of aromatic amines is 1. The van der Waals surface area contributed by atoms with Gasteiger partial charge in [-0.15, -0.1) is 22.7 Å². The maximum atomic E-state index is 12.7. The summed E-state index contributed by atoms with van der Waals surface area (Å²) in [6.45, 7) is 0. The zero-order valence-corrected chi connectivity index (χ0v) is 14.9. The zero-order chi connectivity index (χ0) is 16.4. The first-order valence-corrected chi connectivity index (χ1v) is 10.0. The Morgan fingerprint density at radius 2 is 2.21 bits per heavy atom. The van der Waals surface area contributed by atoms with Crippen molar-refractivity contribution in [1.82, 2.24) is 20.2 Å². The van der Waals surface area contributed by atoms with Gasteiger partial charge in [-0.1, -0.05) is 23.9 Å². The Morgan fingerprint density at radius 1 is 1.33 bits per heavy atom. The molecule has 0 aromatic carbocycles. The number of carbonyl (C=O) groups is 1. The number of nitrogens with one attached hydrogen (secondary N) is 1. The van der Waals surface area contributed by atoms with Crippen LogP contribution in [-0.2, 0) is 4.79 Å². The molecule has 0 saturated heterocycles. The lowest BCUT2D eigenvalue weighted by atomic mass is 10.1. The third kappa shape index (κ3) is 3.14. The normalized spacial score (nSPS) is 17.2. The highest BCUT2D eigenvalue weighted by atomic mass is 32.2. The molecule has 6 nitrogen and oxygen atoms in total. The average molecular weight is 376 g/mol. The lowest BCUT2D eigenvalue weighted by Gasteiger charge is -2.20. The SMILES string of the molecule is O=C(CSc1ncn[nH]1)N1N=C(c2cccs2)C[C@@H]1c1cccs1. The van der Waals surface area contributed by atoms with Gasteiger partial charge in [0.25, 0.3) is 5.91 Å². The molecule has 0 saturated carbocycles. The van der Waals surface area contributed by atoms with E-state index in [2.05, 4.69) is 26.3 Å². The maximum absolute atomic E-state index is 12.7. The van der Waals surface area contributed by atoms with Gasteiger partial charge in [0.2, 0.25) is 0 Å². The van der Waals surface area contributed by atoms with E-state index in [1.807, 2.05) is 29.0 Å². The van der Waals surface area contributed by atoms with Crippen LogP contribution in [0.2, 0.25) is 0 Å². The predicted octanol–water partition coefficient (Wildman–Crippen LogP) is 3.40.